The Hall–Kier alpha value is -2.77. The van der Waals surface area contributed by atoms with Crippen molar-refractivity contribution in [2.45, 2.75) is 29.9 Å². The van der Waals surface area contributed by atoms with Crippen LogP contribution >= 0.6 is 11.3 Å². The van der Waals surface area contributed by atoms with Crippen molar-refractivity contribution < 1.29 is 13.2 Å². The Kier molecular flexibility index (Phi) is 3.85. The van der Waals surface area contributed by atoms with E-state index >= 15 is 0 Å². The third-order valence-corrected chi connectivity index (χ3v) is 9.26. The van der Waals surface area contributed by atoms with Crippen LogP contribution in [0.15, 0.2) is 58.9 Å². The summed E-state index contributed by atoms with van der Waals surface area (Å²) in [6.45, 7) is 3.26. The van der Waals surface area contributed by atoms with Crippen LogP contribution in [0.3, 0.4) is 0 Å². The van der Waals surface area contributed by atoms with Gasteiger partial charge >= 0.3 is 0 Å². The van der Waals surface area contributed by atoms with Crippen LogP contribution in [-0.2, 0) is 9.84 Å². The fourth-order valence-electron chi connectivity index (χ4n) is 3.91. The minimum absolute atomic E-state index is 0.128. The molecule has 1 unspecified atom stereocenters. The summed E-state index contributed by atoms with van der Waals surface area (Å²) in [6.07, 6.45) is 0.248. The molecule has 2 heterocycles. The van der Waals surface area contributed by atoms with Crippen LogP contribution in [0.2, 0.25) is 0 Å². The Balaban J connectivity index is 1.68. The fourth-order valence-corrected chi connectivity index (χ4v) is 6.50. The SMILES string of the molecule is CCC1(C)C(=O)c2cc3cccc(Nc4ccc5scnc5c4)c3cc2S1(=O)=O. The van der Waals surface area contributed by atoms with Gasteiger partial charge in [0.15, 0.2) is 15.6 Å². The van der Waals surface area contributed by atoms with Crippen LogP contribution in [-0.4, -0.2) is 23.9 Å². The number of hydrogen-bond acceptors (Lipinski definition) is 6. The lowest BCUT2D eigenvalue weighted by Crippen LogP contribution is -2.36. The number of benzene rings is 3. The average molecular weight is 423 g/mol. The summed E-state index contributed by atoms with van der Waals surface area (Å²) in [5.41, 5.74) is 4.67. The molecule has 1 aliphatic heterocycles. The summed E-state index contributed by atoms with van der Waals surface area (Å²) in [5.74, 6) is -0.316. The molecule has 5 nitrogen and oxygen atoms in total. The topological polar surface area (TPSA) is 76.1 Å². The van der Waals surface area contributed by atoms with Crippen molar-refractivity contribution in [3.63, 3.8) is 0 Å². The van der Waals surface area contributed by atoms with Crippen molar-refractivity contribution in [3.05, 3.63) is 59.6 Å². The number of carbonyl (C=O) groups is 1. The molecule has 4 aromatic rings. The number of Topliss-reactive ketones (excluding diaryl/α,β-unsaturated/α-hetero) is 1. The second-order valence-corrected chi connectivity index (χ2v) is 10.7. The van der Waals surface area contributed by atoms with E-state index in [0.717, 1.165) is 32.4 Å². The molecule has 0 aliphatic carbocycles. The van der Waals surface area contributed by atoms with E-state index in [1.54, 1.807) is 30.4 Å². The number of anilines is 2. The van der Waals surface area contributed by atoms with Gasteiger partial charge in [-0.15, -0.1) is 11.3 Å². The molecule has 3 aromatic carbocycles. The highest BCUT2D eigenvalue weighted by Gasteiger charge is 2.53. The molecule has 29 heavy (non-hydrogen) atoms. The normalized spacial score (nSPS) is 20.3. The highest BCUT2D eigenvalue weighted by atomic mass is 32.2. The highest BCUT2D eigenvalue weighted by molar-refractivity contribution is 7.94. The number of aromatic nitrogens is 1. The van der Waals surface area contributed by atoms with Gasteiger partial charge in [0.25, 0.3) is 0 Å². The number of hydrogen-bond donors (Lipinski definition) is 1. The zero-order valence-corrected chi connectivity index (χ0v) is 17.5. The number of fused-ring (bicyclic) bond motifs is 3. The molecule has 1 N–H and O–H groups in total. The van der Waals surface area contributed by atoms with E-state index in [0.29, 0.717) is 5.56 Å². The maximum atomic E-state index is 13.1. The first-order valence-electron chi connectivity index (χ1n) is 9.31. The Morgan fingerprint density at radius 3 is 2.76 bits per heavy atom. The summed E-state index contributed by atoms with van der Waals surface area (Å²) >= 11 is 1.58. The summed E-state index contributed by atoms with van der Waals surface area (Å²) in [5, 5.41) is 4.97. The van der Waals surface area contributed by atoms with E-state index in [2.05, 4.69) is 10.3 Å². The maximum Gasteiger partial charge on any atom is 0.192 e. The second kappa shape index (κ2) is 6.11. The van der Waals surface area contributed by atoms with Gasteiger partial charge < -0.3 is 5.32 Å². The van der Waals surface area contributed by atoms with E-state index in [1.807, 2.05) is 41.9 Å². The van der Waals surface area contributed by atoms with Crippen LogP contribution in [0, 0.1) is 0 Å². The number of nitrogens with zero attached hydrogens (tertiary/aromatic N) is 1. The molecule has 0 saturated heterocycles. The monoisotopic (exact) mass is 422 g/mol. The Labute approximate surface area is 172 Å². The Morgan fingerprint density at radius 1 is 1.14 bits per heavy atom. The maximum absolute atomic E-state index is 13.1. The molecule has 1 aromatic heterocycles. The van der Waals surface area contributed by atoms with Crippen LogP contribution in [0.1, 0.15) is 30.6 Å². The number of carbonyl (C=O) groups excluding carboxylic acids is 1. The van der Waals surface area contributed by atoms with Crippen molar-refractivity contribution in [1.82, 2.24) is 4.98 Å². The van der Waals surface area contributed by atoms with Crippen molar-refractivity contribution >= 4 is 59.3 Å². The summed E-state index contributed by atoms with van der Waals surface area (Å²) < 4.78 is 26.0. The number of ketones is 1. The first-order valence-corrected chi connectivity index (χ1v) is 11.7. The predicted octanol–water partition coefficient (Wildman–Crippen LogP) is 5.33. The standard InChI is InChI=1S/C22H18N2O3S2/c1-3-22(2)21(25)16-9-13-5-4-6-17(15(13)11-20(16)29(22,26)27)24-14-7-8-19-18(10-14)23-12-28-19/h4-12,24H,3H2,1-2H3. The van der Waals surface area contributed by atoms with Crippen LogP contribution < -0.4 is 5.32 Å². The largest absolute Gasteiger partial charge is 0.355 e. The highest BCUT2D eigenvalue weighted by Crippen LogP contribution is 2.43. The van der Waals surface area contributed by atoms with E-state index in [-0.39, 0.29) is 17.1 Å². The van der Waals surface area contributed by atoms with E-state index in [4.69, 9.17) is 0 Å². The molecule has 7 heteroatoms. The van der Waals surface area contributed by atoms with Gasteiger partial charge in [-0.1, -0.05) is 19.1 Å². The zero-order chi connectivity index (χ0) is 20.4. The molecule has 0 saturated carbocycles. The summed E-state index contributed by atoms with van der Waals surface area (Å²) in [4.78, 5) is 17.4. The summed E-state index contributed by atoms with van der Waals surface area (Å²) in [7, 11) is -3.73. The molecular formula is C22H18N2O3S2. The number of sulfone groups is 1. The number of nitrogens with one attached hydrogen (secondary N) is 1. The van der Waals surface area contributed by atoms with Crippen molar-refractivity contribution in [2.24, 2.45) is 0 Å². The Bertz CT molecular complexity index is 1420. The van der Waals surface area contributed by atoms with Crippen LogP contribution in [0.4, 0.5) is 11.4 Å². The number of thiazole rings is 1. The first-order chi connectivity index (χ1) is 13.8. The van der Waals surface area contributed by atoms with Crippen molar-refractivity contribution in [2.75, 3.05) is 5.32 Å². The number of rotatable bonds is 3. The summed E-state index contributed by atoms with van der Waals surface area (Å²) in [6, 6.07) is 15.0. The molecule has 1 atom stereocenters. The quantitative estimate of drug-likeness (QED) is 0.483. The minimum atomic E-state index is -3.73. The lowest BCUT2D eigenvalue weighted by atomic mass is 9.95. The van der Waals surface area contributed by atoms with Crippen molar-refractivity contribution in [3.8, 4) is 0 Å². The van der Waals surface area contributed by atoms with Gasteiger partial charge in [-0.05, 0) is 55.1 Å². The first kappa shape index (κ1) is 18.3. The zero-order valence-electron chi connectivity index (χ0n) is 15.9. The molecule has 0 spiro atoms. The molecule has 146 valence electrons. The van der Waals surface area contributed by atoms with Gasteiger partial charge in [0.05, 0.1) is 20.6 Å². The molecular weight excluding hydrogens is 404 g/mol. The van der Waals surface area contributed by atoms with Gasteiger partial charge in [-0.2, -0.15) is 0 Å². The van der Waals surface area contributed by atoms with Gasteiger partial charge in [-0.25, -0.2) is 13.4 Å². The minimum Gasteiger partial charge on any atom is -0.355 e. The Morgan fingerprint density at radius 2 is 1.97 bits per heavy atom. The van der Waals surface area contributed by atoms with E-state index in [1.165, 1.54) is 6.92 Å². The molecule has 0 bridgehead atoms. The smallest absolute Gasteiger partial charge is 0.192 e. The molecule has 0 amide bonds. The van der Waals surface area contributed by atoms with Crippen molar-refractivity contribution in [1.29, 1.82) is 0 Å². The average Bonchev–Trinajstić information content (AvgIpc) is 3.24. The van der Waals surface area contributed by atoms with Crippen LogP contribution in [0.25, 0.3) is 21.0 Å². The fraction of sp³-hybridized carbons (Fsp3) is 0.182. The molecule has 5 rings (SSSR count). The van der Waals surface area contributed by atoms with Gasteiger partial charge in [0, 0.05) is 22.3 Å². The third kappa shape index (κ3) is 2.47. The molecule has 1 aliphatic rings. The second-order valence-electron chi connectivity index (χ2n) is 7.45. The molecule has 0 radical (unpaired) electrons. The van der Waals surface area contributed by atoms with Gasteiger partial charge in [-0.3, -0.25) is 4.79 Å². The van der Waals surface area contributed by atoms with Gasteiger partial charge in [0.2, 0.25) is 0 Å². The van der Waals surface area contributed by atoms with Gasteiger partial charge in [0.1, 0.15) is 4.75 Å². The lowest BCUT2D eigenvalue weighted by molar-refractivity contribution is 0.0949. The predicted molar refractivity (Wildman–Crippen MR) is 117 cm³/mol. The molecule has 0 fully saturated rings. The van der Waals surface area contributed by atoms with Crippen LogP contribution in [0.5, 0.6) is 0 Å². The third-order valence-electron chi connectivity index (χ3n) is 5.87. The van der Waals surface area contributed by atoms with E-state index in [9.17, 15) is 13.2 Å². The lowest BCUT2D eigenvalue weighted by Gasteiger charge is -2.18. The van der Waals surface area contributed by atoms with E-state index < -0.39 is 14.6 Å².